The molecule has 0 aliphatic heterocycles. The topological polar surface area (TPSA) is 90.3 Å². The predicted molar refractivity (Wildman–Crippen MR) is 75.2 cm³/mol. The van der Waals surface area contributed by atoms with E-state index in [9.17, 15) is 13.2 Å². The third-order valence-electron chi connectivity index (χ3n) is 2.86. The monoisotopic (exact) mass is 303 g/mol. The largest absolute Gasteiger partial charge is 0.359 e. The Labute approximate surface area is 119 Å². The van der Waals surface area contributed by atoms with Crippen LogP contribution < -0.4 is 9.50 Å². The molecule has 1 amide bonds. The molecule has 0 unspecified atom stereocenters. The number of nitrogens with one attached hydrogen (secondary N) is 1. The highest BCUT2D eigenvalue weighted by Crippen LogP contribution is 2.19. The summed E-state index contributed by atoms with van der Waals surface area (Å²) in [6.07, 6.45) is 3.13. The Morgan fingerprint density at radius 3 is 2.50 bits per heavy atom. The van der Waals surface area contributed by atoms with Crippen LogP contribution in [0, 0.1) is 0 Å². The minimum atomic E-state index is -3.73. The second-order valence-electron chi connectivity index (χ2n) is 5.18. The van der Waals surface area contributed by atoms with E-state index in [0.29, 0.717) is 6.54 Å². The summed E-state index contributed by atoms with van der Waals surface area (Å²) in [4.78, 5) is 12.2. The second kappa shape index (κ2) is 5.82. The lowest BCUT2D eigenvalue weighted by Crippen LogP contribution is -2.42. The number of rotatable bonds is 6. The molecule has 0 aliphatic carbocycles. The summed E-state index contributed by atoms with van der Waals surface area (Å²) < 4.78 is 28.6. The molecule has 0 radical (unpaired) electrons. The minimum Gasteiger partial charge on any atom is -0.359 e. The Hall–Kier alpha value is -1.57. The molecule has 0 aromatic carbocycles. The van der Waals surface area contributed by atoms with E-state index in [1.165, 1.54) is 10.9 Å². The fourth-order valence-corrected chi connectivity index (χ4v) is 1.80. The van der Waals surface area contributed by atoms with Crippen molar-refractivity contribution >= 4 is 16.0 Å². The van der Waals surface area contributed by atoms with Crippen molar-refractivity contribution in [3.8, 4) is 5.88 Å². The zero-order chi connectivity index (χ0) is 15.6. The van der Waals surface area contributed by atoms with E-state index in [0.717, 1.165) is 12.7 Å². The first-order valence-corrected chi connectivity index (χ1v) is 8.19. The number of carbonyl (C=O) groups is 1. The Morgan fingerprint density at radius 1 is 1.45 bits per heavy atom. The van der Waals surface area contributed by atoms with Crippen LogP contribution in [0.15, 0.2) is 6.20 Å². The van der Waals surface area contributed by atoms with Crippen LogP contribution in [-0.2, 0) is 16.7 Å². The molecule has 0 fully saturated rings. The predicted octanol–water partition coefficient (Wildman–Crippen LogP) is 1.16. The average molecular weight is 303 g/mol. The maximum atomic E-state index is 12.2. The molecule has 1 heterocycles. The van der Waals surface area contributed by atoms with E-state index in [1.54, 1.807) is 0 Å². The van der Waals surface area contributed by atoms with Gasteiger partial charge >= 0.3 is 10.1 Å². The van der Waals surface area contributed by atoms with Crippen molar-refractivity contribution in [2.24, 2.45) is 0 Å². The standard InChI is InChI=1S/C12H21N3O4S/c1-6-12(3,4)13-10(16)9-8-15(7-2)14-11(9)19-20(5,17)18/h8H,6-7H2,1-5H3,(H,13,16). The minimum absolute atomic E-state index is 0.110. The molecule has 0 bridgehead atoms. The lowest BCUT2D eigenvalue weighted by molar-refractivity contribution is 0.0909. The summed E-state index contributed by atoms with van der Waals surface area (Å²) in [5, 5.41) is 6.76. The number of carbonyl (C=O) groups excluding carboxylic acids is 1. The molecule has 0 atom stereocenters. The van der Waals surface area contributed by atoms with E-state index in [1.807, 2.05) is 27.7 Å². The van der Waals surface area contributed by atoms with Gasteiger partial charge in [-0.2, -0.15) is 8.42 Å². The van der Waals surface area contributed by atoms with Gasteiger partial charge in [-0.25, -0.2) is 0 Å². The fraction of sp³-hybridized carbons (Fsp3) is 0.667. The van der Waals surface area contributed by atoms with Gasteiger partial charge in [-0.15, -0.1) is 5.10 Å². The maximum absolute atomic E-state index is 12.2. The summed E-state index contributed by atoms with van der Waals surface area (Å²) >= 11 is 0. The Morgan fingerprint density at radius 2 is 2.05 bits per heavy atom. The first kappa shape index (κ1) is 16.5. The lowest BCUT2D eigenvalue weighted by Gasteiger charge is -2.24. The smallest absolute Gasteiger partial charge is 0.307 e. The summed E-state index contributed by atoms with van der Waals surface area (Å²) in [6, 6.07) is 0. The van der Waals surface area contributed by atoms with E-state index >= 15 is 0 Å². The Balaban J connectivity index is 3.10. The molecule has 1 N–H and O–H groups in total. The molecular weight excluding hydrogens is 282 g/mol. The third-order valence-corrected chi connectivity index (χ3v) is 3.32. The van der Waals surface area contributed by atoms with Crippen LogP contribution in [-0.4, -0.2) is 35.9 Å². The zero-order valence-electron chi connectivity index (χ0n) is 12.4. The van der Waals surface area contributed by atoms with E-state index in [4.69, 9.17) is 4.18 Å². The van der Waals surface area contributed by atoms with Crippen molar-refractivity contribution in [2.75, 3.05) is 6.26 Å². The molecule has 7 nitrogen and oxygen atoms in total. The van der Waals surface area contributed by atoms with Crippen LogP contribution in [0.25, 0.3) is 0 Å². The third kappa shape index (κ3) is 4.52. The first-order chi connectivity index (χ1) is 9.08. The Bertz CT molecular complexity index is 590. The highest BCUT2D eigenvalue weighted by molar-refractivity contribution is 7.86. The quantitative estimate of drug-likeness (QED) is 0.796. The van der Waals surface area contributed by atoms with Crippen LogP contribution in [0.2, 0.25) is 0 Å². The molecule has 20 heavy (non-hydrogen) atoms. The molecule has 1 rings (SSSR count). The number of nitrogens with zero attached hydrogens (tertiary/aromatic N) is 2. The van der Waals surface area contributed by atoms with Gasteiger partial charge < -0.3 is 9.50 Å². The van der Waals surface area contributed by atoms with Gasteiger partial charge in [0.25, 0.3) is 11.8 Å². The fourth-order valence-electron chi connectivity index (χ4n) is 1.39. The maximum Gasteiger partial charge on any atom is 0.307 e. The number of aryl methyl sites for hydroxylation is 1. The summed E-state index contributed by atoms with van der Waals surface area (Å²) in [6.45, 7) is 8.04. The molecule has 1 aromatic heterocycles. The molecule has 0 aliphatic rings. The van der Waals surface area contributed by atoms with Crippen LogP contribution in [0.5, 0.6) is 5.88 Å². The van der Waals surface area contributed by atoms with E-state index in [-0.39, 0.29) is 11.4 Å². The number of hydrogen-bond acceptors (Lipinski definition) is 5. The lowest BCUT2D eigenvalue weighted by atomic mass is 10.0. The molecular formula is C12H21N3O4S. The van der Waals surface area contributed by atoms with Gasteiger partial charge in [0.15, 0.2) is 0 Å². The van der Waals surface area contributed by atoms with Crippen molar-refractivity contribution < 1.29 is 17.4 Å². The summed E-state index contributed by atoms with van der Waals surface area (Å²) in [7, 11) is -3.73. The van der Waals surface area contributed by atoms with E-state index < -0.39 is 21.6 Å². The first-order valence-electron chi connectivity index (χ1n) is 6.37. The Kier molecular flexibility index (Phi) is 4.80. The van der Waals surface area contributed by atoms with Gasteiger partial charge in [-0.3, -0.25) is 9.48 Å². The van der Waals surface area contributed by atoms with Gasteiger partial charge in [0.05, 0.1) is 6.26 Å². The SMILES string of the molecule is CCn1cc(C(=O)NC(C)(C)CC)c(OS(C)(=O)=O)n1. The van der Waals surface area contributed by atoms with Crippen LogP contribution in [0.4, 0.5) is 0 Å². The highest BCUT2D eigenvalue weighted by Gasteiger charge is 2.25. The normalized spacial score (nSPS) is 12.2. The van der Waals surface area contributed by atoms with Crippen LogP contribution in [0.3, 0.4) is 0 Å². The van der Waals surface area contributed by atoms with Crippen molar-refractivity contribution in [3.05, 3.63) is 11.8 Å². The van der Waals surface area contributed by atoms with Gasteiger partial charge in [-0.05, 0) is 27.2 Å². The van der Waals surface area contributed by atoms with E-state index in [2.05, 4.69) is 10.4 Å². The number of hydrogen-bond donors (Lipinski definition) is 1. The molecule has 0 saturated heterocycles. The number of amides is 1. The van der Waals surface area contributed by atoms with Crippen LogP contribution >= 0.6 is 0 Å². The van der Waals surface area contributed by atoms with Gasteiger partial charge in [0.2, 0.25) is 0 Å². The van der Waals surface area contributed by atoms with Gasteiger partial charge in [0, 0.05) is 18.3 Å². The number of aromatic nitrogens is 2. The van der Waals surface area contributed by atoms with Crippen molar-refractivity contribution in [1.29, 1.82) is 0 Å². The molecule has 1 aromatic rings. The molecule has 114 valence electrons. The molecule has 0 spiro atoms. The second-order valence-corrected chi connectivity index (χ2v) is 6.76. The average Bonchev–Trinajstić information content (AvgIpc) is 2.69. The summed E-state index contributed by atoms with van der Waals surface area (Å²) in [5.41, 5.74) is -0.285. The van der Waals surface area contributed by atoms with Gasteiger partial charge in [0.1, 0.15) is 5.56 Å². The summed E-state index contributed by atoms with van der Waals surface area (Å²) in [5.74, 6) is -0.603. The van der Waals surface area contributed by atoms with Gasteiger partial charge in [-0.1, -0.05) is 6.92 Å². The van der Waals surface area contributed by atoms with Crippen molar-refractivity contribution in [3.63, 3.8) is 0 Å². The van der Waals surface area contributed by atoms with Crippen molar-refractivity contribution in [2.45, 2.75) is 46.2 Å². The highest BCUT2D eigenvalue weighted by atomic mass is 32.2. The van der Waals surface area contributed by atoms with Crippen LogP contribution in [0.1, 0.15) is 44.5 Å². The molecule has 0 saturated carbocycles. The zero-order valence-corrected chi connectivity index (χ0v) is 13.2. The molecule has 8 heteroatoms. The van der Waals surface area contributed by atoms with Crippen molar-refractivity contribution in [1.82, 2.24) is 15.1 Å².